The number of carbonyl (C=O) groups excluding carboxylic acids is 1. The summed E-state index contributed by atoms with van der Waals surface area (Å²) in [5, 5.41) is 3.98. The zero-order chi connectivity index (χ0) is 14.7. The average molecular weight is 292 g/mol. The van der Waals surface area contributed by atoms with Crippen molar-refractivity contribution >= 4 is 11.8 Å². The molecule has 2 heterocycles. The number of ether oxygens (including phenoxy) is 3. The van der Waals surface area contributed by atoms with Crippen molar-refractivity contribution in [3.8, 4) is 11.5 Å². The first-order chi connectivity index (χ1) is 10.2. The molecule has 1 aromatic rings. The van der Waals surface area contributed by atoms with Gasteiger partial charge in [-0.05, 0) is 18.2 Å². The number of hydrogen-bond acceptors (Lipinski definition) is 6. The van der Waals surface area contributed by atoms with E-state index in [-0.39, 0.29) is 6.79 Å². The van der Waals surface area contributed by atoms with Gasteiger partial charge < -0.3 is 23.9 Å². The van der Waals surface area contributed by atoms with Crippen LogP contribution in [0.2, 0.25) is 0 Å². The Morgan fingerprint density at radius 1 is 1.24 bits per heavy atom. The standard InChI is InChI=1S/C14H16N2O5/c1-10(17)21-15-14(16-4-6-18-7-5-16)11-2-3-12-13(8-11)20-9-19-12/h2-3,8H,4-7,9H2,1H3. The highest BCUT2D eigenvalue weighted by Crippen LogP contribution is 2.33. The molecule has 1 fully saturated rings. The summed E-state index contributed by atoms with van der Waals surface area (Å²) in [5.74, 6) is 1.50. The number of amidine groups is 1. The molecule has 7 nitrogen and oxygen atoms in total. The van der Waals surface area contributed by atoms with Crippen molar-refractivity contribution in [1.82, 2.24) is 4.90 Å². The van der Waals surface area contributed by atoms with Gasteiger partial charge in [0.05, 0.1) is 13.2 Å². The van der Waals surface area contributed by atoms with Crippen LogP contribution >= 0.6 is 0 Å². The Hall–Kier alpha value is -2.28. The summed E-state index contributed by atoms with van der Waals surface area (Å²) in [4.78, 5) is 17.9. The third-order valence-corrected chi connectivity index (χ3v) is 3.20. The van der Waals surface area contributed by atoms with E-state index in [4.69, 9.17) is 19.0 Å². The van der Waals surface area contributed by atoms with Crippen LogP contribution in [0.4, 0.5) is 0 Å². The minimum atomic E-state index is -0.457. The van der Waals surface area contributed by atoms with E-state index in [1.165, 1.54) is 6.92 Å². The molecule has 7 heteroatoms. The van der Waals surface area contributed by atoms with Gasteiger partial charge in [0.2, 0.25) is 6.79 Å². The van der Waals surface area contributed by atoms with Gasteiger partial charge in [0.15, 0.2) is 17.3 Å². The molecule has 112 valence electrons. The predicted molar refractivity (Wildman–Crippen MR) is 73.3 cm³/mol. The first-order valence-corrected chi connectivity index (χ1v) is 6.72. The fourth-order valence-corrected chi connectivity index (χ4v) is 2.21. The second-order valence-corrected chi connectivity index (χ2v) is 4.67. The lowest BCUT2D eigenvalue weighted by atomic mass is 10.1. The Kier molecular flexibility index (Phi) is 3.92. The van der Waals surface area contributed by atoms with Gasteiger partial charge >= 0.3 is 5.97 Å². The summed E-state index contributed by atoms with van der Waals surface area (Å²) in [5.41, 5.74) is 0.808. The number of carbonyl (C=O) groups is 1. The van der Waals surface area contributed by atoms with Crippen molar-refractivity contribution < 1.29 is 23.8 Å². The Balaban J connectivity index is 1.90. The van der Waals surface area contributed by atoms with Crippen LogP contribution in [0.15, 0.2) is 23.4 Å². The summed E-state index contributed by atoms with van der Waals surface area (Å²) in [7, 11) is 0. The zero-order valence-electron chi connectivity index (χ0n) is 11.7. The number of nitrogens with zero attached hydrogens (tertiary/aromatic N) is 2. The molecule has 0 atom stereocenters. The highest BCUT2D eigenvalue weighted by atomic mass is 16.7. The molecule has 0 aliphatic carbocycles. The van der Waals surface area contributed by atoms with Gasteiger partial charge in [-0.1, -0.05) is 5.16 Å². The van der Waals surface area contributed by atoms with Gasteiger partial charge in [0.25, 0.3) is 0 Å². The molecule has 0 unspecified atom stereocenters. The van der Waals surface area contributed by atoms with E-state index in [0.29, 0.717) is 43.6 Å². The second kappa shape index (κ2) is 6.01. The van der Waals surface area contributed by atoms with Crippen molar-refractivity contribution in [3.63, 3.8) is 0 Å². The minimum Gasteiger partial charge on any atom is -0.454 e. The lowest BCUT2D eigenvalue weighted by Gasteiger charge is -2.29. The molecule has 21 heavy (non-hydrogen) atoms. The van der Waals surface area contributed by atoms with E-state index < -0.39 is 5.97 Å². The van der Waals surface area contributed by atoms with Gasteiger partial charge in [-0.15, -0.1) is 0 Å². The largest absolute Gasteiger partial charge is 0.454 e. The molecule has 0 N–H and O–H groups in total. The molecular weight excluding hydrogens is 276 g/mol. The van der Waals surface area contributed by atoms with E-state index in [0.717, 1.165) is 5.56 Å². The summed E-state index contributed by atoms with van der Waals surface area (Å²) >= 11 is 0. The maximum atomic E-state index is 11.0. The molecule has 0 amide bonds. The van der Waals surface area contributed by atoms with Crippen LogP contribution in [0.1, 0.15) is 12.5 Å². The second-order valence-electron chi connectivity index (χ2n) is 4.67. The third kappa shape index (κ3) is 3.08. The molecule has 0 radical (unpaired) electrons. The molecule has 0 bridgehead atoms. The number of fused-ring (bicyclic) bond motifs is 1. The van der Waals surface area contributed by atoms with Crippen molar-refractivity contribution in [2.75, 3.05) is 33.1 Å². The quantitative estimate of drug-likeness (QED) is 0.350. The summed E-state index contributed by atoms with van der Waals surface area (Å²) in [6.45, 7) is 4.14. The first-order valence-electron chi connectivity index (χ1n) is 6.72. The average Bonchev–Trinajstić information content (AvgIpc) is 2.96. The number of rotatable bonds is 2. The lowest BCUT2D eigenvalue weighted by Crippen LogP contribution is -2.41. The van der Waals surface area contributed by atoms with Gasteiger partial charge in [0, 0.05) is 25.6 Å². The number of morpholine rings is 1. The maximum absolute atomic E-state index is 11.0. The molecule has 0 spiro atoms. The van der Waals surface area contributed by atoms with Crippen LogP contribution in [-0.4, -0.2) is 49.8 Å². The molecule has 1 aromatic carbocycles. The predicted octanol–water partition coefficient (Wildman–Crippen LogP) is 0.972. The Labute approximate surface area is 122 Å². The normalized spacial score (nSPS) is 17.8. The monoisotopic (exact) mass is 292 g/mol. The van der Waals surface area contributed by atoms with Gasteiger partial charge in [-0.2, -0.15) is 0 Å². The summed E-state index contributed by atoms with van der Waals surface area (Å²) < 4.78 is 16.0. The zero-order valence-corrected chi connectivity index (χ0v) is 11.7. The molecule has 0 saturated carbocycles. The van der Waals surface area contributed by atoms with Crippen molar-refractivity contribution in [3.05, 3.63) is 23.8 Å². The van der Waals surface area contributed by atoms with Crippen LogP contribution in [0, 0.1) is 0 Å². The van der Waals surface area contributed by atoms with Crippen molar-refractivity contribution in [2.24, 2.45) is 5.16 Å². The smallest absolute Gasteiger partial charge is 0.332 e. The fourth-order valence-electron chi connectivity index (χ4n) is 2.21. The number of benzene rings is 1. The molecule has 1 saturated heterocycles. The SMILES string of the molecule is CC(=O)ON=C(c1ccc2c(c1)OCO2)N1CCOCC1. The third-order valence-electron chi connectivity index (χ3n) is 3.20. The van der Waals surface area contributed by atoms with E-state index in [2.05, 4.69) is 5.16 Å². The van der Waals surface area contributed by atoms with Crippen LogP contribution in [0.5, 0.6) is 11.5 Å². The first kappa shape index (κ1) is 13.7. The molecule has 3 rings (SSSR count). The number of oxime groups is 1. The summed E-state index contributed by atoms with van der Waals surface area (Å²) in [6.07, 6.45) is 0. The van der Waals surface area contributed by atoms with E-state index >= 15 is 0 Å². The molecule has 2 aliphatic heterocycles. The highest BCUT2D eigenvalue weighted by Gasteiger charge is 2.21. The topological polar surface area (TPSA) is 69.6 Å². The van der Waals surface area contributed by atoms with Gasteiger partial charge in [0.1, 0.15) is 0 Å². The van der Waals surface area contributed by atoms with Gasteiger partial charge in [-0.3, -0.25) is 0 Å². The van der Waals surface area contributed by atoms with E-state index in [1.807, 2.05) is 23.1 Å². The lowest BCUT2D eigenvalue weighted by molar-refractivity contribution is -0.141. The Morgan fingerprint density at radius 3 is 2.76 bits per heavy atom. The van der Waals surface area contributed by atoms with Crippen LogP contribution in [0.25, 0.3) is 0 Å². The maximum Gasteiger partial charge on any atom is 0.332 e. The highest BCUT2D eigenvalue weighted by molar-refractivity contribution is 5.99. The Morgan fingerprint density at radius 2 is 2.00 bits per heavy atom. The fraction of sp³-hybridized carbons (Fsp3) is 0.429. The summed E-state index contributed by atoms with van der Waals surface area (Å²) in [6, 6.07) is 5.52. The van der Waals surface area contributed by atoms with Crippen LogP contribution in [0.3, 0.4) is 0 Å². The van der Waals surface area contributed by atoms with Crippen LogP contribution in [-0.2, 0) is 14.4 Å². The minimum absolute atomic E-state index is 0.215. The Bertz CT molecular complexity index is 566. The molecule has 0 aromatic heterocycles. The molecular formula is C14H16N2O5. The molecule has 2 aliphatic rings. The van der Waals surface area contributed by atoms with Crippen molar-refractivity contribution in [2.45, 2.75) is 6.92 Å². The van der Waals surface area contributed by atoms with Crippen molar-refractivity contribution in [1.29, 1.82) is 0 Å². The van der Waals surface area contributed by atoms with Gasteiger partial charge in [-0.25, -0.2) is 4.79 Å². The van der Waals surface area contributed by atoms with E-state index in [1.54, 1.807) is 0 Å². The van der Waals surface area contributed by atoms with Crippen LogP contribution < -0.4 is 9.47 Å². The van der Waals surface area contributed by atoms with E-state index in [9.17, 15) is 4.79 Å². The number of hydrogen-bond donors (Lipinski definition) is 0.